The fourth-order valence-corrected chi connectivity index (χ4v) is 3.82. The summed E-state index contributed by atoms with van der Waals surface area (Å²) in [6, 6.07) is 18.8. The van der Waals surface area contributed by atoms with Crippen LogP contribution in [0.25, 0.3) is 16.5 Å². The standard InChI is InChI=1S/C23H25N3O/c27-23(24-13-10-20-16-25-22-9-5-4-8-21(20)22)17-26-14-11-19(12-15-26)18-6-2-1-3-7-18/h1-9,11,16,25H,10,12-15,17H2,(H,24,27)/p+1. The summed E-state index contributed by atoms with van der Waals surface area (Å²) in [7, 11) is 0. The number of quaternary nitrogens is 1. The predicted molar refractivity (Wildman–Crippen MR) is 110 cm³/mol. The van der Waals surface area contributed by atoms with E-state index in [1.54, 1.807) is 0 Å². The van der Waals surface area contributed by atoms with Gasteiger partial charge < -0.3 is 15.2 Å². The fourth-order valence-electron chi connectivity index (χ4n) is 3.82. The van der Waals surface area contributed by atoms with Crippen molar-refractivity contribution in [1.29, 1.82) is 0 Å². The maximum Gasteiger partial charge on any atom is 0.275 e. The van der Waals surface area contributed by atoms with Gasteiger partial charge in [-0.25, -0.2) is 0 Å². The first-order valence-corrected chi connectivity index (χ1v) is 9.69. The van der Waals surface area contributed by atoms with Gasteiger partial charge in [-0.3, -0.25) is 4.79 Å². The first-order valence-electron chi connectivity index (χ1n) is 9.69. The normalized spacial score (nSPS) is 16.9. The van der Waals surface area contributed by atoms with E-state index in [0.717, 1.165) is 31.4 Å². The van der Waals surface area contributed by atoms with Crippen molar-refractivity contribution in [2.75, 3.05) is 26.2 Å². The molecule has 2 aromatic carbocycles. The topological polar surface area (TPSA) is 49.3 Å². The van der Waals surface area contributed by atoms with Crippen molar-refractivity contribution in [3.05, 3.63) is 78.0 Å². The molecule has 0 bridgehead atoms. The number of rotatable bonds is 6. The third-order valence-corrected chi connectivity index (χ3v) is 5.33. The molecule has 2 heterocycles. The van der Waals surface area contributed by atoms with Crippen LogP contribution in [0.5, 0.6) is 0 Å². The average Bonchev–Trinajstić information content (AvgIpc) is 3.12. The van der Waals surface area contributed by atoms with Crippen LogP contribution in [0.2, 0.25) is 0 Å². The monoisotopic (exact) mass is 360 g/mol. The maximum absolute atomic E-state index is 12.3. The number of aromatic nitrogens is 1. The molecule has 1 unspecified atom stereocenters. The Kier molecular flexibility index (Phi) is 5.35. The summed E-state index contributed by atoms with van der Waals surface area (Å²) in [6.07, 6.45) is 6.21. The molecule has 3 aromatic rings. The summed E-state index contributed by atoms with van der Waals surface area (Å²) < 4.78 is 0. The van der Waals surface area contributed by atoms with Crippen LogP contribution in [0.1, 0.15) is 17.5 Å². The van der Waals surface area contributed by atoms with Gasteiger partial charge in [-0.1, -0.05) is 48.5 Å². The second-order valence-corrected chi connectivity index (χ2v) is 7.19. The van der Waals surface area contributed by atoms with Gasteiger partial charge in [0.2, 0.25) is 0 Å². The minimum atomic E-state index is 0.140. The lowest BCUT2D eigenvalue weighted by Gasteiger charge is -2.23. The number of aromatic amines is 1. The van der Waals surface area contributed by atoms with E-state index >= 15 is 0 Å². The van der Waals surface area contributed by atoms with E-state index in [2.05, 4.69) is 58.8 Å². The van der Waals surface area contributed by atoms with Crippen LogP contribution in [0, 0.1) is 0 Å². The fraction of sp³-hybridized carbons (Fsp3) is 0.261. The Hall–Kier alpha value is -2.85. The van der Waals surface area contributed by atoms with E-state index in [4.69, 9.17) is 0 Å². The molecule has 27 heavy (non-hydrogen) atoms. The third-order valence-electron chi connectivity index (χ3n) is 5.33. The molecule has 0 fully saturated rings. The lowest BCUT2D eigenvalue weighted by atomic mass is 10.00. The smallest absolute Gasteiger partial charge is 0.275 e. The predicted octanol–water partition coefficient (Wildman–Crippen LogP) is 2.20. The maximum atomic E-state index is 12.3. The van der Waals surface area contributed by atoms with Gasteiger partial charge in [-0.15, -0.1) is 0 Å². The Morgan fingerprint density at radius 1 is 1.07 bits per heavy atom. The molecule has 1 amide bonds. The lowest BCUT2D eigenvalue weighted by Crippen LogP contribution is -3.13. The van der Waals surface area contributed by atoms with Crippen LogP contribution >= 0.6 is 0 Å². The largest absolute Gasteiger partial charge is 0.361 e. The average molecular weight is 360 g/mol. The summed E-state index contributed by atoms with van der Waals surface area (Å²) in [4.78, 5) is 16.9. The number of carbonyl (C=O) groups is 1. The van der Waals surface area contributed by atoms with Crippen LogP contribution in [-0.2, 0) is 11.2 Å². The molecule has 1 atom stereocenters. The molecule has 0 spiro atoms. The van der Waals surface area contributed by atoms with Crippen molar-refractivity contribution < 1.29 is 9.69 Å². The number of H-pyrrole nitrogens is 1. The van der Waals surface area contributed by atoms with Crippen LogP contribution in [-0.4, -0.2) is 37.1 Å². The van der Waals surface area contributed by atoms with Gasteiger partial charge in [0, 0.05) is 30.1 Å². The zero-order valence-electron chi connectivity index (χ0n) is 15.5. The van der Waals surface area contributed by atoms with Crippen LogP contribution in [0.3, 0.4) is 0 Å². The number of benzene rings is 2. The molecule has 4 rings (SSSR count). The molecule has 0 saturated carbocycles. The van der Waals surface area contributed by atoms with E-state index in [-0.39, 0.29) is 5.91 Å². The van der Waals surface area contributed by atoms with E-state index in [1.165, 1.54) is 27.0 Å². The molecule has 1 aromatic heterocycles. The first-order chi connectivity index (χ1) is 13.3. The van der Waals surface area contributed by atoms with Gasteiger partial charge in [0.05, 0.1) is 13.1 Å². The highest BCUT2D eigenvalue weighted by atomic mass is 16.2. The molecular formula is C23H26N3O+. The minimum Gasteiger partial charge on any atom is -0.361 e. The van der Waals surface area contributed by atoms with E-state index in [0.29, 0.717) is 13.1 Å². The Bertz CT molecular complexity index is 942. The number of nitrogens with one attached hydrogen (secondary N) is 3. The first kappa shape index (κ1) is 17.6. The molecule has 0 radical (unpaired) electrons. The number of carbonyl (C=O) groups excluding carboxylic acids is 1. The minimum absolute atomic E-state index is 0.140. The Labute approximate surface area is 159 Å². The van der Waals surface area contributed by atoms with Crippen LogP contribution < -0.4 is 10.2 Å². The molecular weight excluding hydrogens is 334 g/mol. The molecule has 1 aliphatic heterocycles. The molecule has 0 aliphatic carbocycles. The third kappa shape index (κ3) is 4.29. The number of hydrogen-bond donors (Lipinski definition) is 3. The van der Waals surface area contributed by atoms with E-state index < -0.39 is 0 Å². The highest BCUT2D eigenvalue weighted by Gasteiger charge is 2.18. The lowest BCUT2D eigenvalue weighted by molar-refractivity contribution is -0.886. The zero-order valence-corrected chi connectivity index (χ0v) is 15.5. The van der Waals surface area contributed by atoms with Crippen LogP contribution in [0.4, 0.5) is 0 Å². The number of amides is 1. The second kappa shape index (κ2) is 8.23. The van der Waals surface area contributed by atoms with Crippen molar-refractivity contribution in [2.24, 2.45) is 0 Å². The molecule has 0 saturated heterocycles. The van der Waals surface area contributed by atoms with Crippen molar-refractivity contribution >= 4 is 22.4 Å². The summed E-state index contributed by atoms with van der Waals surface area (Å²) in [6.45, 7) is 3.15. The Morgan fingerprint density at radius 3 is 2.70 bits per heavy atom. The summed E-state index contributed by atoms with van der Waals surface area (Å²) in [5.41, 5.74) is 5.11. The summed E-state index contributed by atoms with van der Waals surface area (Å²) >= 11 is 0. The van der Waals surface area contributed by atoms with Gasteiger partial charge in [0.25, 0.3) is 5.91 Å². The summed E-state index contributed by atoms with van der Waals surface area (Å²) in [5.74, 6) is 0.140. The molecule has 4 heteroatoms. The molecule has 1 aliphatic rings. The van der Waals surface area contributed by atoms with Gasteiger partial charge in [0.15, 0.2) is 6.54 Å². The van der Waals surface area contributed by atoms with Crippen molar-refractivity contribution in [2.45, 2.75) is 12.8 Å². The second-order valence-electron chi connectivity index (χ2n) is 7.19. The molecule has 138 valence electrons. The molecule has 3 N–H and O–H groups in total. The number of fused-ring (bicyclic) bond motifs is 1. The highest BCUT2D eigenvalue weighted by Crippen LogP contribution is 2.18. The number of hydrogen-bond acceptors (Lipinski definition) is 1. The Morgan fingerprint density at radius 2 is 1.89 bits per heavy atom. The number of para-hydroxylation sites is 1. The Balaban J connectivity index is 1.24. The van der Waals surface area contributed by atoms with E-state index in [1.807, 2.05) is 18.3 Å². The van der Waals surface area contributed by atoms with Gasteiger partial charge in [-0.05, 0) is 35.3 Å². The van der Waals surface area contributed by atoms with E-state index in [9.17, 15) is 4.79 Å². The zero-order chi connectivity index (χ0) is 18.5. The quantitative estimate of drug-likeness (QED) is 0.620. The van der Waals surface area contributed by atoms with Crippen LogP contribution in [0.15, 0.2) is 66.9 Å². The van der Waals surface area contributed by atoms with Crippen molar-refractivity contribution in [3.8, 4) is 0 Å². The SMILES string of the molecule is O=C(C[NH+]1CC=C(c2ccccc2)CC1)NCCc1c[nH]c2ccccc12. The van der Waals surface area contributed by atoms with Crippen molar-refractivity contribution in [3.63, 3.8) is 0 Å². The molecule has 4 nitrogen and oxygen atoms in total. The van der Waals surface area contributed by atoms with Crippen molar-refractivity contribution in [1.82, 2.24) is 10.3 Å². The summed E-state index contributed by atoms with van der Waals surface area (Å²) in [5, 5.41) is 4.32. The van der Waals surface area contributed by atoms with Gasteiger partial charge >= 0.3 is 0 Å². The van der Waals surface area contributed by atoms with Gasteiger partial charge in [-0.2, -0.15) is 0 Å². The van der Waals surface area contributed by atoms with Gasteiger partial charge in [0.1, 0.15) is 0 Å². The highest BCUT2D eigenvalue weighted by molar-refractivity contribution is 5.83.